The molecule has 0 saturated carbocycles. The molecule has 1 fully saturated rings. The van der Waals surface area contributed by atoms with E-state index in [1.165, 1.54) is 17.3 Å². The van der Waals surface area contributed by atoms with Gasteiger partial charge in [0.2, 0.25) is 0 Å². The van der Waals surface area contributed by atoms with Crippen LogP contribution in [-0.2, 0) is 11.3 Å². The molecule has 0 aliphatic carbocycles. The first-order valence-electron chi connectivity index (χ1n) is 8.66. The molecule has 28 heavy (non-hydrogen) atoms. The molecule has 4 rings (SSSR count). The molecule has 2 heterocycles. The van der Waals surface area contributed by atoms with E-state index in [-0.39, 0.29) is 5.91 Å². The third kappa shape index (κ3) is 4.07. The fourth-order valence-corrected chi connectivity index (χ4v) is 4.29. The summed E-state index contributed by atoms with van der Waals surface area (Å²) < 4.78 is 6.43. The summed E-state index contributed by atoms with van der Waals surface area (Å²) in [5.41, 5.74) is 3.12. The number of benzene rings is 2. The van der Waals surface area contributed by atoms with Crippen LogP contribution < -0.4 is 0 Å². The van der Waals surface area contributed by atoms with Crippen molar-refractivity contribution in [3.05, 3.63) is 87.5 Å². The van der Waals surface area contributed by atoms with Crippen molar-refractivity contribution in [1.82, 2.24) is 4.90 Å². The highest BCUT2D eigenvalue weighted by Crippen LogP contribution is 2.34. The SMILES string of the molecule is Cc1ccc(CN2C(=O)C(=Cc3ccc(-c4cccc(Cl)c4)o3)SC2=S)cc1. The minimum atomic E-state index is -0.101. The Morgan fingerprint density at radius 3 is 2.68 bits per heavy atom. The van der Waals surface area contributed by atoms with Crippen LogP contribution in [0.3, 0.4) is 0 Å². The molecule has 1 amide bonds. The fourth-order valence-electron chi connectivity index (χ4n) is 2.87. The molecular weight excluding hydrogens is 410 g/mol. The van der Waals surface area contributed by atoms with E-state index in [0.717, 1.165) is 11.1 Å². The summed E-state index contributed by atoms with van der Waals surface area (Å²) >= 11 is 12.8. The van der Waals surface area contributed by atoms with E-state index in [1.54, 1.807) is 11.0 Å². The summed E-state index contributed by atoms with van der Waals surface area (Å²) in [6.45, 7) is 2.50. The molecule has 2 aromatic carbocycles. The number of thiocarbonyl (C=S) groups is 1. The molecule has 1 aliphatic rings. The van der Waals surface area contributed by atoms with Crippen LogP contribution in [0.25, 0.3) is 17.4 Å². The lowest BCUT2D eigenvalue weighted by atomic mass is 10.1. The zero-order chi connectivity index (χ0) is 19.7. The highest BCUT2D eigenvalue weighted by Gasteiger charge is 2.32. The number of carbonyl (C=O) groups excluding carboxylic acids is 1. The Kier molecular flexibility index (Phi) is 5.40. The zero-order valence-electron chi connectivity index (χ0n) is 15.0. The van der Waals surface area contributed by atoms with Crippen LogP contribution in [0, 0.1) is 6.92 Å². The number of rotatable bonds is 4. The van der Waals surface area contributed by atoms with E-state index in [2.05, 4.69) is 0 Å². The van der Waals surface area contributed by atoms with Gasteiger partial charge in [0.15, 0.2) is 0 Å². The number of halogens is 1. The van der Waals surface area contributed by atoms with E-state index < -0.39 is 0 Å². The zero-order valence-corrected chi connectivity index (χ0v) is 17.4. The van der Waals surface area contributed by atoms with Crippen molar-refractivity contribution in [2.24, 2.45) is 0 Å². The van der Waals surface area contributed by atoms with Crippen LogP contribution >= 0.6 is 35.6 Å². The second kappa shape index (κ2) is 7.95. The van der Waals surface area contributed by atoms with Crippen molar-refractivity contribution >= 4 is 51.9 Å². The molecule has 1 aromatic heterocycles. The second-order valence-corrected chi connectivity index (χ2v) is 8.58. The lowest BCUT2D eigenvalue weighted by Gasteiger charge is -2.14. The standard InChI is InChI=1S/C22H16ClNO2S2/c1-14-5-7-15(8-6-14)13-24-21(25)20(28-22(24)27)12-18-9-10-19(26-18)16-3-2-4-17(23)11-16/h2-12H,13H2,1H3. The van der Waals surface area contributed by atoms with E-state index in [9.17, 15) is 4.79 Å². The van der Waals surface area contributed by atoms with Crippen molar-refractivity contribution in [3.63, 3.8) is 0 Å². The maximum atomic E-state index is 12.8. The average Bonchev–Trinajstić information content (AvgIpc) is 3.24. The first-order valence-corrected chi connectivity index (χ1v) is 10.3. The minimum absolute atomic E-state index is 0.101. The Labute approximate surface area is 178 Å². The van der Waals surface area contributed by atoms with E-state index in [0.29, 0.717) is 32.3 Å². The molecule has 0 N–H and O–H groups in total. The molecule has 0 atom stereocenters. The van der Waals surface area contributed by atoms with Crippen LogP contribution in [0.2, 0.25) is 5.02 Å². The van der Waals surface area contributed by atoms with Gasteiger partial charge in [-0.05, 0) is 36.8 Å². The summed E-state index contributed by atoms with van der Waals surface area (Å²) in [4.78, 5) is 15.0. The summed E-state index contributed by atoms with van der Waals surface area (Å²) in [7, 11) is 0. The van der Waals surface area contributed by atoms with Gasteiger partial charge in [-0.2, -0.15) is 0 Å². The number of furan rings is 1. The van der Waals surface area contributed by atoms with Crippen molar-refractivity contribution < 1.29 is 9.21 Å². The molecule has 0 bridgehead atoms. The normalized spacial score (nSPS) is 15.6. The third-order valence-corrected chi connectivity index (χ3v) is 5.96. The highest BCUT2D eigenvalue weighted by atomic mass is 35.5. The molecule has 140 valence electrons. The quantitative estimate of drug-likeness (QED) is 0.362. The second-order valence-electron chi connectivity index (χ2n) is 6.47. The molecule has 0 spiro atoms. The lowest BCUT2D eigenvalue weighted by molar-refractivity contribution is -0.122. The molecule has 3 nitrogen and oxygen atoms in total. The summed E-state index contributed by atoms with van der Waals surface area (Å²) in [5.74, 6) is 1.20. The Balaban J connectivity index is 1.53. The molecule has 0 radical (unpaired) electrons. The Morgan fingerprint density at radius 1 is 1.14 bits per heavy atom. The molecule has 0 unspecified atom stereocenters. The van der Waals surface area contributed by atoms with E-state index in [4.69, 9.17) is 28.2 Å². The van der Waals surface area contributed by atoms with E-state index >= 15 is 0 Å². The number of hydrogen-bond acceptors (Lipinski definition) is 4. The number of nitrogens with zero attached hydrogens (tertiary/aromatic N) is 1. The van der Waals surface area contributed by atoms with Gasteiger partial charge in [0.1, 0.15) is 15.8 Å². The predicted octanol–water partition coefficient (Wildman–Crippen LogP) is 6.31. The summed E-state index contributed by atoms with van der Waals surface area (Å²) in [6, 6.07) is 19.2. The number of amides is 1. The van der Waals surface area contributed by atoms with Crippen molar-refractivity contribution in [2.45, 2.75) is 13.5 Å². The monoisotopic (exact) mass is 425 g/mol. The Morgan fingerprint density at radius 2 is 1.93 bits per heavy atom. The first-order chi connectivity index (χ1) is 13.5. The third-order valence-electron chi connectivity index (χ3n) is 4.34. The Bertz CT molecular complexity index is 1090. The highest BCUT2D eigenvalue weighted by molar-refractivity contribution is 8.26. The van der Waals surface area contributed by atoms with Crippen LogP contribution in [0.5, 0.6) is 0 Å². The van der Waals surface area contributed by atoms with Crippen molar-refractivity contribution in [3.8, 4) is 11.3 Å². The van der Waals surface area contributed by atoms with Gasteiger partial charge in [-0.1, -0.05) is 77.5 Å². The van der Waals surface area contributed by atoms with Crippen LogP contribution in [-0.4, -0.2) is 15.1 Å². The average molecular weight is 426 g/mol. The van der Waals surface area contributed by atoms with Crippen molar-refractivity contribution in [1.29, 1.82) is 0 Å². The van der Waals surface area contributed by atoms with Gasteiger partial charge in [-0.3, -0.25) is 9.69 Å². The van der Waals surface area contributed by atoms with Gasteiger partial charge in [-0.15, -0.1) is 0 Å². The molecular formula is C22H16ClNO2S2. The maximum absolute atomic E-state index is 12.8. The largest absolute Gasteiger partial charge is 0.457 e. The Hall–Kier alpha value is -2.34. The summed E-state index contributed by atoms with van der Waals surface area (Å²) in [6.07, 6.45) is 1.74. The minimum Gasteiger partial charge on any atom is -0.457 e. The van der Waals surface area contributed by atoms with Crippen LogP contribution in [0.4, 0.5) is 0 Å². The fraction of sp³-hybridized carbons (Fsp3) is 0.0909. The van der Waals surface area contributed by atoms with Crippen LogP contribution in [0.1, 0.15) is 16.9 Å². The summed E-state index contributed by atoms with van der Waals surface area (Å²) in [5, 5.41) is 0.646. The number of thioether (sulfide) groups is 1. The smallest absolute Gasteiger partial charge is 0.266 e. The topological polar surface area (TPSA) is 33.5 Å². The predicted molar refractivity (Wildman–Crippen MR) is 119 cm³/mol. The number of aryl methyl sites for hydroxylation is 1. The number of hydrogen-bond donors (Lipinski definition) is 0. The van der Waals surface area contributed by atoms with E-state index in [1.807, 2.05) is 67.6 Å². The van der Waals surface area contributed by atoms with Gasteiger partial charge < -0.3 is 4.42 Å². The molecule has 6 heteroatoms. The molecule has 3 aromatic rings. The number of carbonyl (C=O) groups is 1. The van der Waals surface area contributed by atoms with Gasteiger partial charge in [0.05, 0.1) is 11.4 Å². The van der Waals surface area contributed by atoms with Crippen LogP contribution in [0.15, 0.2) is 70.0 Å². The van der Waals surface area contributed by atoms with Gasteiger partial charge in [0, 0.05) is 16.7 Å². The van der Waals surface area contributed by atoms with Gasteiger partial charge in [-0.25, -0.2) is 0 Å². The maximum Gasteiger partial charge on any atom is 0.266 e. The van der Waals surface area contributed by atoms with Gasteiger partial charge in [0.25, 0.3) is 5.91 Å². The first kappa shape index (κ1) is 19.0. The molecule has 1 aliphatic heterocycles. The lowest BCUT2D eigenvalue weighted by Crippen LogP contribution is -2.27. The van der Waals surface area contributed by atoms with Crippen molar-refractivity contribution in [2.75, 3.05) is 0 Å². The van der Waals surface area contributed by atoms with Gasteiger partial charge >= 0.3 is 0 Å². The molecule has 1 saturated heterocycles.